The maximum Gasteiger partial charge on any atom is 0.287 e. The minimum Gasteiger partial charge on any atom is -0.368 e. The van der Waals surface area contributed by atoms with Crippen LogP contribution in [0.15, 0.2) is 69.3 Å². The highest BCUT2D eigenvalue weighted by Gasteiger charge is 2.45. The molecule has 3 amide bonds. The maximum absolute atomic E-state index is 13.7. The molecule has 1 atom stereocenters. The minimum atomic E-state index is -4.48. The van der Waals surface area contributed by atoms with Crippen molar-refractivity contribution in [1.82, 2.24) is 5.32 Å². The Labute approximate surface area is 215 Å². The predicted octanol–water partition coefficient (Wildman–Crippen LogP) is 1.52. The summed E-state index contributed by atoms with van der Waals surface area (Å²) < 4.78 is 30.1. The van der Waals surface area contributed by atoms with Crippen LogP contribution in [-0.2, 0) is 26.2 Å². The molecule has 188 valence electrons. The number of carbonyl (C=O) groups is 4. The number of nitrogens with zero attached hydrogens (tertiary/aromatic N) is 2. The van der Waals surface area contributed by atoms with Crippen molar-refractivity contribution in [3.63, 3.8) is 0 Å². The van der Waals surface area contributed by atoms with Gasteiger partial charge in [-0.15, -0.1) is 15.7 Å². The molecule has 0 aliphatic carbocycles. The largest absolute Gasteiger partial charge is 0.368 e. The van der Waals surface area contributed by atoms with Gasteiger partial charge in [0.25, 0.3) is 15.9 Å². The summed E-state index contributed by atoms with van der Waals surface area (Å²) >= 11 is 0.892. The third-order valence-corrected chi connectivity index (χ3v) is 8.23. The summed E-state index contributed by atoms with van der Waals surface area (Å²) in [6.07, 6.45) is 0. The molecule has 37 heavy (non-hydrogen) atoms. The van der Waals surface area contributed by atoms with Crippen LogP contribution >= 0.6 is 11.3 Å². The molecule has 0 spiro atoms. The molecule has 13 heteroatoms. The average molecular weight is 538 g/mol. The van der Waals surface area contributed by atoms with Crippen LogP contribution < -0.4 is 21.3 Å². The number of sulfonamides is 1. The topological polar surface area (TPSA) is 168 Å². The molecule has 0 radical (unpaired) electrons. The predicted molar refractivity (Wildman–Crippen MR) is 136 cm³/mol. The Morgan fingerprint density at radius 3 is 2.51 bits per heavy atom. The van der Waals surface area contributed by atoms with E-state index in [-0.39, 0.29) is 28.5 Å². The van der Waals surface area contributed by atoms with Crippen molar-refractivity contribution in [2.24, 2.45) is 16.0 Å². The molecule has 2 aromatic carbocycles. The van der Waals surface area contributed by atoms with Gasteiger partial charge < -0.3 is 21.3 Å². The summed E-state index contributed by atoms with van der Waals surface area (Å²) in [5, 5.41) is 6.34. The van der Waals surface area contributed by atoms with Crippen LogP contribution in [0.3, 0.4) is 0 Å². The van der Waals surface area contributed by atoms with Gasteiger partial charge in [0.15, 0.2) is 11.7 Å². The number of nitrogens with one attached hydrogen (secondary N) is 2. The monoisotopic (exact) mass is 537 g/mol. The standard InChI is InChI=1S/C24H19N5O6S2/c25-17(30)10-26-22(32)15-12-36-23-20(15)37(34,35)28-21(27-23)18-19(31)14-8-4-5-9-16(14)29(24(18)33)11-13-6-2-1-3-7-13/h1-9,12,18H,10-11H2,(H2,25,30)(H,26,32)(H,27,28). The van der Waals surface area contributed by atoms with E-state index in [1.165, 1.54) is 10.3 Å². The summed E-state index contributed by atoms with van der Waals surface area (Å²) in [4.78, 5) is 51.6. The Hall–Kier alpha value is -4.36. The van der Waals surface area contributed by atoms with Gasteiger partial charge in [0, 0.05) is 10.9 Å². The first-order chi connectivity index (χ1) is 17.7. The molecule has 5 rings (SSSR count). The van der Waals surface area contributed by atoms with Crippen molar-refractivity contribution in [2.45, 2.75) is 11.4 Å². The van der Waals surface area contributed by atoms with E-state index >= 15 is 0 Å². The van der Waals surface area contributed by atoms with Crippen molar-refractivity contribution >= 4 is 61.4 Å². The number of thiophene rings is 1. The van der Waals surface area contributed by atoms with E-state index in [4.69, 9.17) is 5.73 Å². The lowest BCUT2D eigenvalue weighted by Crippen LogP contribution is -2.50. The van der Waals surface area contributed by atoms with Gasteiger partial charge in [-0.2, -0.15) is 8.42 Å². The number of benzene rings is 2. The highest BCUT2D eigenvalue weighted by Crippen LogP contribution is 2.39. The molecule has 4 N–H and O–H groups in total. The number of primary amides is 1. The van der Waals surface area contributed by atoms with Gasteiger partial charge in [-0.3, -0.25) is 19.2 Å². The molecule has 2 aliphatic heterocycles. The maximum atomic E-state index is 13.7. The summed E-state index contributed by atoms with van der Waals surface area (Å²) in [6, 6.07) is 15.8. The smallest absolute Gasteiger partial charge is 0.287 e. The van der Waals surface area contributed by atoms with Gasteiger partial charge >= 0.3 is 0 Å². The fourth-order valence-corrected chi connectivity index (χ4v) is 6.77. The molecule has 2 aliphatic rings. The lowest BCUT2D eigenvalue weighted by molar-refractivity contribution is -0.120. The lowest BCUT2D eigenvalue weighted by atomic mass is 9.88. The van der Waals surface area contributed by atoms with Crippen molar-refractivity contribution in [3.8, 4) is 0 Å². The number of amides is 3. The number of ketones is 1. The summed E-state index contributed by atoms with van der Waals surface area (Å²) in [7, 11) is -4.48. The number of fused-ring (bicyclic) bond motifs is 2. The van der Waals surface area contributed by atoms with Crippen molar-refractivity contribution in [1.29, 1.82) is 0 Å². The first-order valence-corrected chi connectivity index (χ1v) is 13.3. The van der Waals surface area contributed by atoms with E-state index in [2.05, 4.69) is 15.0 Å². The van der Waals surface area contributed by atoms with Crippen molar-refractivity contribution in [2.75, 3.05) is 16.8 Å². The van der Waals surface area contributed by atoms with Gasteiger partial charge in [-0.1, -0.05) is 42.5 Å². The molecule has 11 nitrogen and oxygen atoms in total. The zero-order chi connectivity index (χ0) is 26.3. The van der Waals surface area contributed by atoms with Crippen molar-refractivity contribution in [3.05, 3.63) is 76.7 Å². The van der Waals surface area contributed by atoms with Crippen LogP contribution in [0.5, 0.6) is 0 Å². The second-order valence-corrected chi connectivity index (χ2v) is 10.7. The SMILES string of the molecule is NC(=O)CNC(=O)c1csc2c1S(=O)(=O)N=C(C1C(=O)c3ccccc3N(Cc3ccccc3)C1=O)N2. The number of hydrogen-bond acceptors (Lipinski definition) is 8. The number of nitrogens with two attached hydrogens (primary N) is 1. The molecule has 3 heterocycles. The van der Waals surface area contributed by atoms with Crippen LogP contribution in [0, 0.1) is 5.92 Å². The van der Waals surface area contributed by atoms with Crippen LogP contribution in [0.4, 0.5) is 10.7 Å². The van der Waals surface area contributed by atoms with E-state index < -0.39 is 50.9 Å². The Morgan fingerprint density at radius 1 is 1.08 bits per heavy atom. The molecule has 3 aromatic rings. The summed E-state index contributed by atoms with van der Waals surface area (Å²) in [5.74, 6) is -4.72. The van der Waals surface area contributed by atoms with Gasteiger partial charge in [0.1, 0.15) is 15.7 Å². The zero-order valence-corrected chi connectivity index (χ0v) is 20.6. The van der Waals surface area contributed by atoms with Gasteiger partial charge in [0.2, 0.25) is 11.8 Å². The zero-order valence-electron chi connectivity index (χ0n) is 19.0. The van der Waals surface area contributed by atoms with Crippen LogP contribution in [-0.4, -0.2) is 44.3 Å². The third-order valence-electron chi connectivity index (χ3n) is 5.82. The first-order valence-electron chi connectivity index (χ1n) is 11.0. The number of anilines is 2. The van der Waals surface area contributed by atoms with Crippen LogP contribution in [0.25, 0.3) is 0 Å². The second-order valence-electron chi connectivity index (χ2n) is 8.26. The number of para-hydroxylation sites is 1. The van der Waals surface area contributed by atoms with Crippen LogP contribution in [0.2, 0.25) is 0 Å². The van der Waals surface area contributed by atoms with E-state index in [1.54, 1.807) is 24.3 Å². The Balaban J connectivity index is 1.53. The molecule has 0 saturated heterocycles. The highest BCUT2D eigenvalue weighted by molar-refractivity contribution is 7.90. The fraction of sp³-hybridized carbons (Fsp3) is 0.125. The van der Waals surface area contributed by atoms with Gasteiger partial charge in [0.05, 0.1) is 24.3 Å². The number of amidine groups is 1. The van der Waals surface area contributed by atoms with Crippen molar-refractivity contribution < 1.29 is 27.6 Å². The van der Waals surface area contributed by atoms with Crippen LogP contribution in [0.1, 0.15) is 26.3 Å². The molecule has 0 bridgehead atoms. The number of Topliss-reactive ketones (excluding diaryl/α,β-unsaturated/α-hetero) is 1. The quantitative estimate of drug-likeness (QED) is 0.401. The third kappa shape index (κ3) is 4.38. The number of carbonyl (C=O) groups excluding carboxylic acids is 4. The molecular weight excluding hydrogens is 518 g/mol. The van der Waals surface area contributed by atoms with E-state index in [9.17, 15) is 27.6 Å². The lowest BCUT2D eigenvalue weighted by Gasteiger charge is -2.34. The molecule has 1 unspecified atom stereocenters. The fourth-order valence-electron chi connectivity index (χ4n) is 4.18. The minimum absolute atomic E-state index is 0.0308. The highest BCUT2D eigenvalue weighted by atomic mass is 32.2. The molecule has 0 fully saturated rings. The van der Waals surface area contributed by atoms with E-state index in [0.717, 1.165) is 16.9 Å². The molecule has 0 saturated carbocycles. The summed E-state index contributed by atoms with van der Waals surface area (Å²) in [6.45, 7) is -0.317. The Bertz CT molecular complexity index is 1600. The van der Waals surface area contributed by atoms with E-state index in [0.29, 0.717) is 5.69 Å². The first kappa shape index (κ1) is 24.3. The van der Waals surface area contributed by atoms with Gasteiger partial charge in [-0.25, -0.2) is 0 Å². The summed E-state index contributed by atoms with van der Waals surface area (Å²) in [5.41, 5.74) is 6.30. The Morgan fingerprint density at radius 2 is 1.78 bits per heavy atom. The molecule has 1 aromatic heterocycles. The Kier molecular flexibility index (Phi) is 6.09. The number of hydrogen-bond donors (Lipinski definition) is 3. The van der Waals surface area contributed by atoms with Gasteiger partial charge in [-0.05, 0) is 17.7 Å². The number of rotatable bonds is 6. The van der Waals surface area contributed by atoms with E-state index in [1.807, 2.05) is 30.3 Å². The normalized spacial score (nSPS) is 17.8. The second kappa shape index (κ2) is 9.26. The average Bonchev–Trinajstić information content (AvgIpc) is 3.31. The molecular formula is C24H19N5O6S2.